The van der Waals surface area contributed by atoms with Crippen molar-refractivity contribution in [2.45, 2.75) is 141 Å². The number of rotatable bonds is 19. The minimum Gasteiger partial charge on any atom is -0.369 e. The molecule has 1 aromatic carbocycles. The first-order valence-corrected chi connectivity index (χ1v) is 16.3. The number of hydrogen-bond acceptors (Lipinski definition) is 2. The van der Waals surface area contributed by atoms with Crippen molar-refractivity contribution in [2.24, 2.45) is 5.92 Å². The quantitative estimate of drug-likeness (QED) is 0.0944. The lowest BCUT2D eigenvalue weighted by molar-refractivity contribution is -0.160. The topological polar surface area (TPSA) is 22.1 Å². The van der Waals surface area contributed by atoms with Crippen LogP contribution in [0.2, 0.25) is 0 Å². The number of aryl methyl sites for hydroxylation is 2. The highest BCUT2D eigenvalue weighted by Crippen LogP contribution is 2.44. The molecule has 6 heteroatoms. The summed E-state index contributed by atoms with van der Waals surface area (Å²) in [6, 6.07) is 9.44. The van der Waals surface area contributed by atoms with Gasteiger partial charge >= 0.3 is 5.92 Å². The monoisotopic (exact) mass is 575 g/mol. The van der Waals surface area contributed by atoms with Gasteiger partial charge in [0.2, 0.25) is 5.95 Å². The molecule has 4 rings (SSSR count). The number of alkyl halides is 3. The zero-order valence-electron chi connectivity index (χ0n) is 24.9. The molecule has 2 nitrogen and oxygen atoms in total. The second kappa shape index (κ2) is 16.0. The van der Waals surface area contributed by atoms with E-state index in [1.54, 1.807) is 6.07 Å². The van der Waals surface area contributed by atoms with Crippen LogP contribution in [0.1, 0.15) is 126 Å². The van der Waals surface area contributed by atoms with E-state index in [-0.39, 0.29) is 25.0 Å². The number of unbranched alkanes of at least 4 members (excludes halogenated alkanes) is 9. The van der Waals surface area contributed by atoms with Crippen molar-refractivity contribution in [1.29, 1.82) is 0 Å². The summed E-state index contributed by atoms with van der Waals surface area (Å²) in [7, 11) is 0. The Labute approximate surface area is 244 Å². The molecule has 41 heavy (non-hydrogen) atoms. The van der Waals surface area contributed by atoms with Crippen molar-refractivity contribution >= 4 is 0 Å². The maximum Gasteiger partial charge on any atom is 0.303 e. The summed E-state index contributed by atoms with van der Waals surface area (Å²) in [5, 5.41) is 0. The van der Waals surface area contributed by atoms with Crippen molar-refractivity contribution in [2.75, 3.05) is 6.61 Å². The Morgan fingerprint density at radius 3 is 2.29 bits per heavy atom. The molecule has 0 spiro atoms. The molecule has 228 valence electrons. The van der Waals surface area contributed by atoms with Crippen LogP contribution in [0.3, 0.4) is 0 Å². The van der Waals surface area contributed by atoms with Crippen LogP contribution < -0.4 is 0 Å². The van der Waals surface area contributed by atoms with Crippen LogP contribution in [0, 0.1) is 11.9 Å². The fourth-order valence-electron chi connectivity index (χ4n) is 6.07. The lowest BCUT2D eigenvalue weighted by Crippen LogP contribution is -2.40. The molecular formula is C35H49F4NO. The van der Waals surface area contributed by atoms with Crippen LogP contribution in [0.15, 0.2) is 30.3 Å². The Hall–Kier alpha value is -1.95. The Balaban J connectivity index is 1.24. The number of benzene rings is 1. The molecule has 2 unspecified atom stereocenters. The van der Waals surface area contributed by atoms with Crippen molar-refractivity contribution in [1.82, 2.24) is 4.98 Å². The predicted octanol–water partition coefficient (Wildman–Crippen LogP) is 10.7. The Bertz CT molecular complexity index is 1050. The Morgan fingerprint density at radius 1 is 0.902 bits per heavy atom. The Kier molecular flexibility index (Phi) is 12.5. The van der Waals surface area contributed by atoms with Gasteiger partial charge in [-0.05, 0) is 55.2 Å². The van der Waals surface area contributed by atoms with Gasteiger partial charge in [0.1, 0.15) is 12.3 Å². The third-order valence-corrected chi connectivity index (χ3v) is 8.84. The van der Waals surface area contributed by atoms with Gasteiger partial charge in [-0.2, -0.15) is 13.2 Å². The lowest BCUT2D eigenvalue weighted by atomic mass is 9.86. The van der Waals surface area contributed by atoms with E-state index in [4.69, 9.17) is 4.74 Å². The summed E-state index contributed by atoms with van der Waals surface area (Å²) in [5.41, 5.74) is 1.85. The summed E-state index contributed by atoms with van der Waals surface area (Å²) in [5.74, 6) is -3.66. The standard InChI is InChI=1S/C35H49F4NO/c1-2-3-4-12-15-30(36)25-41-32-23-22-29-24-31(40-34(37)33(29)35(32,38)39)28-20-18-27(19-21-28)14-11-9-7-5-6-8-10-13-26-16-17-26/h18-21,24,26,30,32H,2-17,22-23,25H2,1H3. The van der Waals surface area contributed by atoms with Crippen molar-refractivity contribution < 1.29 is 22.3 Å². The van der Waals surface area contributed by atoms with E-state index < -0.39 is 29.7 Å². The molecule has 0 N–H and O–H groups in total. The van der Waals surface area contributed by atoms with Gasteiger partial charge in [-0.1, -0.05) is 115 Å². The van der Waals surface area contributed by atoms with E-state index in [1.807, 2.05) is 24.3 Å². The van der Waals surface area contributed by atoms with Crippen LogP contribution in [0.5, 0.6) is 0 Å². The third kappa shape index (κ3) is 9.80. The molecule has 1 aromatic heterocycles. The fraction of sp³-hybridized carbons (Fsp3) is 0.686. The molecule has 2 aliphatic carbocycles. The van der Waals surface area contributed by atoms with Crippen LogP contribution in [0.25, 0.3) is 11.3 Å². The summed E-state index contributed by atoms with van der Waals surface area (Å²) < 4.78 is 65.1. The highest BCUT2D eigenvalue weighted by molar-refractivity contribution is 5.61. The highest BCUT2D eigenvalue weighted by atomic mass is 19.3. The highest BCUT2D eigenvalue weighted by Gasteiger charge is 2.49. The molecule has 0 radical (unpaired) electrons. The van der Waals surface area contributed by atoms with E-state index >= 15 is 13.2 Å². The van der Waals surface area contributed by atoms with E-state index in [0.717, 1.165) is 38.0 Å². The minimum absolute atomic E-state index is 0.0187. The van der Waals surface area contributed by atoms with E-state index in [0.29, 0.717) is 24.1 Å². The zero-order chi connectivity index (χ0) is 29.1. The SMILES string of the molecule is CCCCCCC(F)COC1CCc2cc(-c3ccc(CCCCCCCCCC4CC4)cc3)nc(F)c2C1(F)F. The van der Waals surface area contributed by atoms with Crippen molar-refractivity contribution in [3.8, 4) is 11.3 Å². The summed E-state index contributed by atoms with van der Waals surface area (Å²) in [6.45, 7) is 1.69. The number of ether oxygens (including phenoxy) is 1. The number of aromatic nitrogens is 1. The number of halogens is 4. The Morgan fingerprint density at radius 2 is 1.59 bits per heavy atom. The first-order valence-electron chi connectivity index (χ1n) is 16.3. The molecule has 1 heterocycles. The summed E-state index contributed by atoms with van der Waals surface area (Å²) in [4.78, 5) is 3.92. The van der Waals surface area contributed by atoms with E-state index in [9.17, 15) is 4.39 Å². The number of pyridine rings is 1. The fourth-order valence-corrected chi connectivity index (χ4v) is 6.07. The molecule has 2 aliphatic rings. The summed E-state index contributed by atoms with van der Waals surface area (Å²) in [6.07, 6.45) is 15.9. The van der Waals surface area contributed by atoms with E-state index in [1.165, 1.54) is 63.4 Å². The first-order chi connectivity index (χ1) is 19.9. The number of hydrogen-bond donors (Lipinski definition) is 0. The van der Waals surface area contributed by atoms with Crippen LogP contribution in [-0.2, 0) is 23.5 Å². The number of fused-ring (bicyclic) bond motifs is 1. The lowest BCUT2D eigenvalue weighted by Gasteiger charge is -2.33. The van der Waals surface area contributed by atoms with Gasteiger partial charge in [0, 0.05) is 5.56 Å². The van der Waals surface area contributed by atoms with E-state index in [2.05, 4.69) is 11.9 Å². The van der Waals surface area contributed by atoms with Gasteiger partial charge in [-0.15, -0.1) is 0 Å². The van der Waals surface area contributed by atoms with Crippen LogP contribution >= 0.6 is 0 Å². The molecule has 2 aromatic rings. The molecule has 1 saturated carbocycles. The van der Waals surface area contributed by atoms with Crippen molar-refractivity contribution in [3.05, 3.63) is 53.0 Å². The molecule has 0 bridgehead atoms. The van der Waals surface area contributed by atoms with Gasteiger partial charge < -0.3 is 4.74 Å². The normalized spacial score (nSPS) is 18.8. The first kappa shape index (κ1) is 32.0. The average Bonchev–Trinajstić information content (AvgIpc) is 3.78. The molecule has 2 atom stereocenters. The largest absolute Gasteiger partial charge is 0.369 e. The number of nitrogens with zero attached hydrogens (tertiary/aromatic N) is 1. The zero-order valence-corrected chi connectivity index (χ0v) is 24.9. The third-order valence-electron chi connectivity index (χ3n) is 8.84. The maximum absolute atomic E-state index is 15.3. The van der Waals surface area contributed by atoms with Gasteiger partial charge in [0.25, 0.3) is 0 Å². The molecule has 0 aliphatic heterocycles. The van der Waals surface area contributed by atoms with Gasteiger partial charge in [0.05, 0.1) is 17.9 Å². The second-order valence-electron chi connectivity index (χ2n) is 12.4. The average molecular weight is 576 g/mol. The summed E-state index contributed by atoms with van der Waals surface area (Å²) >= 11 is 0. The maximum atomic E-state index is 15.3. The second-order valence-corrected chi connectivity index (χ2v) is 12.4. The smallest absolute Gasteiger partial charge is 0.303 e. The molecule has 1 fully saturated rings. The van der Waals surface area contributed by atoms with Gasteiger partial charge in [-0.3, -0.25) is 0 Å². The molecular weight excluding hydrogens is 526 g/mol. The van der Waals surface area contributed by atoms with Crippen molar-refractivity contribution in [3.63, 3.8) is 0 Å². The predicted molar refractivity (Wildman–Crippen MR) is 159 cm³/mol. The van der Waals surface area contributed by atoms with Crippen LogP contribution in [0.4, 0.5) is 17.6 Å². The van der Waals surface area contributed by atoms with Gasteiger partial charge in [0.15, 0.2) is 0 Å². The minimum atomic E-state index is -3.55. The molecule has 0 saturated heterocycles. The van der Waals surface area contributed by atoms with Crippen LogP contribution in [-0.4, -0.2) is 23.9 Å². The molecule has 0 amide bonds. The van der Waals surface area contributed by atoms with Gasteiger partial charge in [-0.25, -0.2) is 9.37 Å².